The Labute approximate surface area is 186 Å². The van der Waals surface area contributed by atoms with E-state index in [0.717, 1.165) is 22.2 Å². The maximum absolute atomic E-state index is 13.9. The van der Waals surface area contributed by atoms with Gasteiger partial charge in [0.1, 0.15) is 17.5 Å². The molecular formula is C27H22FN3O. The van der Waals surface area contributed by atoms with Gasteiger partial charge in [0.25, 0.3) is 5.91 Å². The summed E-state index contributed by atoms with van der Waals surface area (Å²) in [5, 5.41) is 13.1. The number of carbonyl (C=O) groups is 1. The number of nitriles is 1. The van der Waals surface area contributed by atoms with Crippen LogP contribution in [0.3, 0.4) is 0 Å². The van der Waals surface area contributed by atoms with Crippen molar-refractivity contribution in [2.75, 3.05) is 5.32 Å². The van der Waals surface area contributed by atoms with Gasteiger partial charge in [-0.3, -0.25) is 4.79 Å². The van der Waals surface area contributed by atoms with E-state index in [1.807, 2.05) is 43.3 Å². The molecule has 5 heteroatoms. The largest absolute Gasteiger partial charge is 0.340 e. The number of para-hydroxylation sites is 2. The fraction of sp³-hybridized carbons (Fsp3) is 0.111. The zero-order valence-corrected chi connectivity index (χ0v) is 17.9. The fourth-order valence-corrected chi connectivity index (χ4v) is 3.88. The van der Waals surface area contributed by atoms with Gasteiger partial charge in [0.15, 0.2) is 0 Å². The molecule has 0 saturated heterocycles. The highest BCUT2D eigenvalue weighted by atomic mass is 19.1. The predicted octanol–water partition coefficient (Wildman–Crippen LogP) is 5.99. The Balaban J connectivity index is 1.75. The van der Waals surface area contributed by atoms with Crippen molar-refractivity contribution in [1.82, 2.24) is 4.57 Å². The second kappa shape index (κ2) is 8.91. The average molecular weight is 423 g/mol. The summed E-state index contributed by atoms with van der Waals surface area (Å²) in [5.74, 6) is -1.20. The molecule has 0 unspecified atom stereocenters. The molecule has 1 amide bonds. The van der Waals surface area contributed by atoms with E-state index in [-0.39, 0.29) is 11.3 Å². The average Bonchev–Trinajstić information content (AvgIpc) is 3.04. The Hall–Kier alpha value is -4.17. The molecule has 1 aromatic heterocycles. The van der Waals surface area contributed by atoms with E-state index in [1.165, 1.54) is 23.3 Å². The number of amides is 1. The van der Waals surface area contributed by atoms with Gasteiger partial charge < -0.3 is 9.88 Å². The Morgan fingerprint density at radius 2 is 1.81 bits per heavy atom. The molecule has 4 nitrogen and oxygen atoms in total. The number of aryl methyl sites for hydroxylation is 1. The van der Waals surface area contributed by atoms with Crippen LogP contribution in [0.15, 0.2) is 78.4 Å². The van der Waals surface area contributed by atoms with Gasteiger partial charge in [-0.05, 0) is 43.7 Å². The van der Waals surface area contributed by atoms with Gasteiger partial charge in [-0.15, -0.1) is 0 Å². The molecule has 0 spiro atoms. The highest BCUT2D eigenvalue weighted by molar-refractivity contribution is 6.11. The smallest absolute Gasteiger partial charge is 0.266 e. The molecule has 0 aliphatic rings. The topological polar surface area (TPSA) is 57.8 Å². The number of nitrogens with one attached hydrogen (secondary N) is 1. The third-order valence-electron chi connectivity index (χ3n) is 5.48. The molecule has 0 bridgehead atoms. The van der Waals surface area contributed by atoms with E-state index in [4.69, 9.17) is 0 Å². The quantitative estimate of drug-likeness (QED) is 0.317. The SMILES string of the molecule is Cc1cccc(Cn2c(C)c(/C=C(\C#N)C(=O)Nc3ccccc3F)c3ccccc32)c1. The number of halogens is 1. The minimum absolute atomic E-state index is 0.0391. The summed E-state index contributed by atoms with van der Waals surface area (Å²) in [5.41, 5.74) is 5.07. The minimum atomic E-state index is -0.646. The molecule has 0 radical (unpaired) electrons. The van der Waals surface area contributed by atoms with Crippen LogP contribution in [-0.2, 0) is 11.3 Å². The van der Waals surface area contributed by atoms with E-state index in [0.29, 0.717) is 6.54 Å². The van der Waals surface area contributed by atoms with Crippen LogP contribution in [0.4, 0.5) is 10.1 Å². The summed E-state index contributed by atoms with van der Waals surface area (Å²) >= 11 is 0. The van der Waals surface area contributed by atoms with Crippen molar-refractivity contribution in [3.8, 4) is 6.07 Å². The number of carbonyl (C=O) groups excluding carboxylic acids is 1. The highest BCUT2D eigenvalue weighted by Gasteiger charge is 2.17. The Morgan fingerprint density at radius 1 is 1.06 bits per heavy atom. The third kappa shape index (κ3) is 4.17. The first kappa shape index (κ1) is 21.1. The van der Waals surface area contributed by atoms with Crippen LogP contribution in [0, 0.1) is 31.0 Å². The monoisotopic (exact) mass is 423 g/mol. The Kier molecular flexibility index (Phi) is 5.87. The molecule has 3 aromatic carbocycles. The van der Waals surface area contributed by atoms with Crippen molar-refractivity contribution in [1.29, 1.82) is 5.26 Å². The molecule has 0 aliphatic carbocycles. The Bertz CT molecular complexity index is 1390. The summed E-state index contributed by atoms with van der Waals surface area (Å²) in [7, 11) is 0. The van der Waals surface area contributed by atoms with Crippen LogP contribution in [0.5, 0.6) is 0 Å². The van der Waals surface area contributed by atoms with E-state index in [2.05, 4.69) is 35.0 Å². The zero-order valence-electron chi connectivity index (χ0n) is 17.9. The number of rotatable bonds is 5. The molecule has 0 atom stereocenters. The summed E-state index contributed by atoms with van der Waals surface area (Å²) in [6.07, 6.45) is 1.58. The van der Waals surface area contributed by atoms with Crippen molar-refractivity contribution < 1.29 is 9.18 Å². The second-order valence-electron chi connectivity index (χ2n) is 7.70. The third-order valence-corrected chi connectivity index (χ3v) is 5.48. The van der Waals surface area contributed by atoms with Gasteiger partial charge >= 0.3 is 0 Å². The number of nitrogens with zero attached hydrogens (tertiary/aromatic N) is 2. The molecule has 32 heavy (non-hydrogen) atoms. The van der Waals surface area contributed by atoms with Crippen LogP contribution >= 0.6 is 0 Å². The zero-order chi connectivity index (χ0) is 22.7. The number of anilines is 1. The van der Waals surface area contributed by atoms with Crippen molar-refractivity contribution in [3.63, 3.8) is 0 Å². The van der Waals surface area contributed by atoms with Gasteiger partial charge in [-0.25, -0.2) is 4.39 Å². The molecule has 4 aromatic rings. The number of benzene rings is 3. The Morgan fingerprint density at radius 3 is 2.56 bits per heavy atom. The molecule has 0 fully saturated rings. The summed E-state index contributed by atoms with van der Waals surface area (Å²) in [6.45, 7) is 4.71. The van der Waals surface area contributed by atoms with Gasteiger partial charge in [-0.2, -0.15) is 5.26 Å². The van der Waals surface area contributed by atoms with Crippen LogP contribution < -0.4 is 5.32 Å². The minimum Gasteiger partial charge on any atom is -0.340 e. The van der Waals surface area contributed by atoms with Crippen LogP contribution in [0.2, 0.25) is 0 Å². The van der Waals surface area contributed by atoms with Crippen molar-refractivity contribution in [3.05, 3.63) is 107 Å². The normalized spacial score (nSPS) is 11.4. The summed E-state index contributed by atoms with van der Waals surface area (Å²) in [6, 6.07) is 24.1. The number of hydrogen-bond donors (Lipinski definition) is 1. The lowest BCUT2D eigenvalue weighted by atomic mass is 10.1. The van der Waals surface area contributed by atoms with Crippen LogP contribution in [-0.4, -0.2) is 10.5 Å². The first-order valence-electron chi connectivity index (χ1n) is 10.3. The second-order valence-corrected chi connectivity index (χ2v) is 7.70. The van der Waals surface area contributed by atoms with E-state index in [9.17, 15) is 14.4 Å². The predicted molar refractivity (Wildman–Crippen MR) is 126 cm³/mol. The number of aromatic nitrogens is 1. The van der Waals surface area contributed by atoms with Crippen molar-refractivity contribution in [2.45, 2.75) is 20.4 Å². The standard InChI is InChI=1S/C27H22FN3O/c1-18-8-7-9-20(14-18)17-31-19(2)23(22-10-3-6-13-26(22)31)15-21(16-29)27(32)30-25-12-5-4-11-24(25)28/h3-15H,17H2,1-2H3,(H,30,32)/b21-15+. The van der Waals surface area contributed by atoms with Crippen LogP contribution in [0.1, 0.15) is 22.4 Å². The van der Waals surface area contributed by atoms with E-state index < -0.39 is 11.7 Å². The molecule has 1 N–H and O–H groups in total. The first-order valence-corrected chi connectivity index (χ1v) is 10.3. The number of hydrogen-bond acceptors (Lipinski definition) is 2. The molecule has 158 valence electrons. The molecular weight excluding hydrogens is 401 g/mol. The molecule has 1 heterocycles. The van der Waals surface area contributed by atoms with Crippen molar-refractivity contribution in [2.24, 2.45) is 0 Å². The van der Waals surface area contributed by atoms with E-state index >= 15 is 0 Å². The molecule has 0 aliphatic heterocycles. The maximum Gasteiger partial charge on any atom is 0.266 e. The van der Waals surface area contributed by atoms with Gasteiger partial charge in [0, 0.05) is 28.7 Å². The van der Waals surface area contributed by atoms with Crippen molar-refractivity contribution >= 4 is 28.6 Å². The fourth-order valence-electron chi connectivity index (χ4n) is 3.88. The highest BCUT2D eigenvalue weighted by Crippen LogP contribution is 2.29. The number of fused-ring (bicyclic) bond motifs is 1. The lowest BCUT2D eigenvalue weighted by Crippen LogP contribution is -2.14. The van der Waals surface area contributed by atoms with Gasteiger partial charge in [0.05, 0.1) is 5.69 Å². The van der Waals surface area contributed by atoms with Gasteiger partial charge in [-0.1, -0.05) is 60.2 Å². The summed E-state index contributed by atoms with van der Waals surface area (Å²) < 4.78 is 16.1. The first-order chi connectivity index (χ1) is 15.5. The lowest BCUT2D eigenvalue weighted by Gasteiger charge is -2.09. The van der Waals surface area contributed by atoms with Gasteiger partial charge in [0.2, 0.25) is 0 Å². The summed E-state index contributed by atoms with van der Waals surface area (Å²) in [4.78, 5) is 12.7. The lowest BCUT2D eigenvalue weighted by molar-refractivity contribution is -0.112. The molecule has 4 rings (SSSR count). The molecule has 0 saturated carbocycles. The maximum atomic E-state index is 13.9. The van der Waals surface area contributed by atoms with Crippen LogP contribution in [0.25, 0.3) is 17.0 Å². The van der Waals surface area contributed by atoms with E-state index in [1.54, 1.807) is 18.2 Å².